The van der Waals surface area contributed by atoms with Gasteiger partial charge in [-0.15, -0.1) is 0 Å². The van der Waals surface area contributed by atoms with Crippen molar-refractivity contribution < 1.29 is 5.11 Å². The summed E-state index contributed by atoms with van der Waals surface area (Å²) >= 11 is 11.1. The quantitative estimate of drug-likeness (QED) is 0.683. The number of H-pyrrole nitrogens is 1. The van der Waals surface area contributed by atoms with Gasteiger partial charge >= 0.3 is 0 Å². The van der Waals surface area contributed by atoms with Crippen molar-refractivity contribution in [2.45, 2.75) is 0 Å². The van der Waals surface area contributed by atoms with E-state index < -0.39 is 5.56 Å². The van der Waals surface area contributed by atoms with Crippen LogP contribution in [0.25, 0.3) is 17.8 Å². The van der Waals surface area contributed by atoms with Gasteiger partial charge in [-0.2, -0.15) is 0 Å². The molecule has 0 radical (unpaired) electrons. The van der Waals surface area contributed by atoms with E-state index in [1.54, 1.807) is 36.4 Å². The number of benzene rings is 2. The van der Waals surface area contributed by atoms with Crippen LogP contribution in [0.5, 0.6) is 5.88 Å². The third kappa shape index (κ3) is 3.32. The highest BCUT2D eigenvalue weighted by atomic mass is 35.5. The SMILES string of the molecule is O=c1[nH]c(=S)n(-c2ccc(Cl)cc2)c(O)c1C=Cc1ccccc1. The highest BCUT2D eigenvalue weighted by Gasteiger charge is 2.11. The first-order valence-electron chi connectivity index (χ1n) is 7.13. The third-order valence-electron chi connectivity index (χ3n) is 3.45. The van der Waals surface area contributed by atoms with Crippen LogP contribution in [-0.4, -0.2) is 14.7 Å². The molecule has 1 heterocycles. The van der Waals surface area contributed by atoms with Crippen molar-refractivity contribution in [1.29, 1.82) is 0 Å². The summed E-state index contributed by atoms with van der Waals surface area (Å²) in [5, 5.41) is 11.1. The van der Waals surface area contributed by atoms with Gasteiger partial charge in [0.05, 0.1) is 5.69 Å². The van der Waals surface area contributed by atoms with Gasteiger partial charge in [0, 0.05) is 5.02 Å². The molecule has 0 aliphatic heterocycles. The zero-order valence-electron chi connectivity index (χ0n) is 12.4. The largest absolute Gasteiger partial charge is 0.494 e. The van der Waals surface area contributed by atoms with E-state index in [4.69, 9.17) is 23.8 Å². The molecule has 120 valence electrons. The maximum Gasteiger partial charge on any atom is 0.262 e. The van der Waals surface area contributed by atoms with Gasteiger partial charge in [-0.3, -0.25) is 14.3 Å². The number of hydrogen-bond acceptors (Lipinski definition) is 3. The Bertz CT molecular complexity index is 1010. The summed E-state index contributed by atoms with van der Waals surface area (Å²) in [6.07, 6.45) is 3.31. The minimum Gasteiger partial charge on any atom is -0.494 e. The number of aromatic nitrogens is 2. The maximum absolute atomic E-state index is 12.2. The van der Waals surface area contributed by atoms with Crippen LogP contribution in [0.3, 0.4) is 0 Å². The van der Waals surface area contributed by atoms with Crippen LogP contribution in [0.2, 0.25) is 5.02 Å². The minimum atomic E-state index is -0.449. The van der Waals surface area contributed by atoms with Crippen LogP contribution in [0, 0.1) is 4.77 Å². The lowest BCUT2D eigenvalue weighted by molar-refractivity contribution is 0.432. The van der Waals surface area contributed by atoms with Gasteiger partial charge in [0.1, 0.15) is 5.56 Å². The molecule has 3 rings (SSSR count). The summed E-state index contributed by atoms with van der Waals surface area (Å²) in [5.41, 5.74) is 1.20. The molecule has 0 unspecified atom stereocenters. The fourth-order valence-electron chi connectivity index (χ4n) is 2.26. The second kappa shape index (κ2) is 6.86. The molecule has 0 amide bonds. The summed E-state index contributed by atoms with van der Waals surface area (Å²) in [6.45, 7) is 0. The average Bonchev–Trinajstić information content (AvgIpc) is 2.57. The van der Waals surface area contributed by atoms with Crippen molar-refractivity contribution in [3.63, 3.8) is 0 Å². The molecule has 6 heteroatoms. The lowest BCUT2D eigenvalue weighted by Gasteiger charge is -2.11. The summed E-state index contributed by atoms with van der Waals surface area (Å²) < 4.78 is 1.49. The number of aromatic amines is 1. The van der Waals surface area contributed by atoms with E-state index in [0.717, 1.165) is 5.56 Å². The molecule has 2 aromatic carbocycles. The second-order valence-electron chi connectivity index (χ2n) is 5.05. The van der Waals surface area contributed by atoms with Crippen LogP contribution in [0.1, 0.15) is 11.1 Å². The van der Waals surface area contributed by atoms with Crippen LogP contribution in [0.4, 0.5) is 0 Å². The molecule has 1 aromatic heterocycles. The monoisotopic (exact) mass is 356 g/mol. The first kappa shape index (κ1) is 16.2. The number of nitrogens with zero attached hydrogens (tertiary/aromatic N) is 1. The Morgan fingerprint density at radius 2 is 1.71 bits per heavy atom. The first-order valence-corrected chi connectivity index (χ1v) is 7.92. The zero-order chi connectivity index (χ0) is 17.1. The van der Waals surface area contributed by atoms with Crippen LogP contribution in [-0.2, 0) is 0 Å². The highest BCUT2D eigenvalue weighted by Crippen LogP contribution is 2.22. The minimum absolute atomic E-state index is 0.108. The molecule has 0 fully saturated rings. The molecule has 0 spiro atoms. The molecule has 4 nitrogen and oxygen atoms in total. The van der Waals surface area contributed by atoms with Crippen LogP contribution < -0.4 is 5.56 Å². The number of hydrogen-bond donors (Lipinski definition) is 2. The summed E-state index contributed by atoms with van der Waals surface area (Å²) in [7, 11) is 0. The Hall–Kier alpha value is -2.63. The summed E-state index contributed by atoms with van der Waals surface area (Å²) in [5.74, 6) is -0.224. The van der Waals surface area contributed by atoms with Crippen molar-refractivity contribution in [2.24, 2.45) is 0 Å². The predicted octanol–water partition coefficient (Wildman–Crippen LogP) is 4.42. The number of nitrogens with one attached hydrogen (secondary N) is 1. The van der Waals surface area contributed by atoms with Gasteiger partial charge in [0.25, 0.3) is 5.56 Å². The molecular weight excluding hydrogens is 344 g/mol. The summed E-state index contributed by atoms with van der Waals surface area (Å²) in [4.78, 5) is 14.7. The fraction of sp³-hybridized carbons (Fsp3) is 0. The molecule has 0 atom stereocenters. The molecular formula is C18H13ClN2O2S. The smallest absolute Gasteiger partial charge is 0.262 e. The molecule has 0 saturated heterocycles. The zero-order valence-corrected chi connectivity index (χ0v) is 14.0. The van der Waals surface area contributed by atoms with Crippen molar-refractivity contribution in [2.75, 3.05) is 0 Å². The Labute approximate surface area is 148 Å². The summed E-state index contributed by atoms with van der Waals surface area (Å²) in [6, 6.07) is 16.3. The molecule has 0 bridgehead atoms. The molecule has 0 aliphatic carbocycles. The van der Waals surface area contributed by atoms with Crippen molar-refractivity contribution in [1.82, 2.24) is 9.55 Å². The van der Waals surface area contributed by atoms with Crippen molar-refractivity contribution in [3.8, 4) is 11.6 Å². The second-order valence-corrected chi connectivity index (χ2v) is 5.88. The molecule has 3 aromatic rings. The van der Waals surface area contributed by atoms with Gasteiger partial charge in [-0.25, -0.2) is 0 Å². The van der Waals surface area contributed by atoms with E-state index in [0.29, 0.717) is 10.7 Å². The van der Waals surface area contributed by atoms with Gasteiger partial charge < -0.3 is 5.11 Å². The molecule has 24 heavy (non-hydrogen) atoms. The maximum atomic E-state index is 12.2. The van der Waals surface area contributed by atoms with Crippen molar-refractivity contribution in [3.05, 3.63) is 85.9 Å². The van der Waals surface area contributed by atoms with E-state index in [1.165, 1.54) is 4.57 Å². The van der Waals surface area contributed by atoms with E-state index in [2.05, 4.69) is 4.98 Å². The molecule has 0 aliphatic rings. The van der Waals surface area contributed by atoms with E-state index in [1.807, 2.05) is 30.3 Å². The molecule has 2 N–H and O–H groups in total. The highest BCUT2D eigenvalue weighted by molar-refractivity contribution is 7.71. The Kier molecular flexibility index (Phi) is 4.64. The van der Waals surface area contributed by atoms with Gasteiger partial charge in [-0.05, 0) is 48.1 Å². The van der Waals surface area contributed by atoms with Gasteiger partial charge in [0.2, 0.25) is 5.88 Å². The normalized spacial score (nSPS) is 11.0. The van der Waals surface area contributed by atoms with E-state index >= 15 is 0 Å². The standard InChI is InChI=1S/C18H13ClN2O2S/c19-13-7-9-14(10-8-13)21-17(23)15(16(22)20-18(21)24)11-6-12-4-2-1-3-5-12/h1-11,23H,(H,20,22,24). The number of rotatable bonds is 3. The van der Waals surface area contributed by atoms with E-state index in [-0.39, 0.29) is 16.2 Å². The third-order valence-corrected chi connectivity index (χ3v) is 3.98. The first-order chi connectivity index (χ1) is 11.6. The Balaban J connectivity index is 2.13. The topological polar surface area (TPSA) is 58.0 Å². The fourth-order valence-corrected chi connectivity index (χ4v) is 2.67. The number of aromatic hydroxyl groups is 1. The number of halogens is 1. The van der Waals surface area contributed by atoms with Crippen LogP contribution in [0.15, 0.2) is 59.4 Å². The lowest BCUT2D eigenvalue weighted by Crippen LogP contribution is -2.15. The Morgan fingerprint density at radius 3 is 2.38 bits per heavy atom. The van der Waals surface area contributed by atoms with Gasteiger partial charge in [-0.1, -0.05) is 48.0 Å². The predicted molar refractivity (Wildman–Crippen MR) is 99.3 cm³/mol. The lowest BCUT2D eigenvalue weighted by atomic mass is 10.2. The van der Waals surface area contributed by atoms with E-state index in [9.17, 15) is 9.90 Å². The molecule has 0 saturated carbocycles. The van der Waals surface area contributed by atoms with Gasteiger partial charge in [0.15, 0.2) is 4.77 Å². The average molecular weight is 357 g/mol. The van der Waals surface area contributed by atoms with Crippen LogP contribution >= 0.6 is 23.8 Å². The van der Waals surface area contributed by atoms with Crippen molar-refractivity contribution >= 4 is 36.0 Å². The Morgan fingerprint density at radius 1 is 1.04 bits per heavy atom.